The Hall–Kier alpha value is -1.73. The number of nitrogens with zero attached hydrogens (tertiary/aromatic N) is 1. The highest BCUT2D eigenvalue weighted by Gasteiger charge is 2.22. The van der Waals surface area contributed by atoms with Crippen molar-refractivity contribution in [1.82, 2.24) is 9.62 Å². The molecule has 1 aromatic carbocycles. The van der Waals surface area contributed by atoms with Crippen LogP contribution in [0.4, 0.5) is 0 Å². The van der Waals surface area contributed by atoms with Gasteiger partial charge in [-0.2, -0.15) is 4.31 Å². The molecule has 0 bridgehead atoms. The SMILES string of the molecule is CC(=O)c1ccc(S(=O)(=O)N(C)CC(=O)NCCCC(C)C)cc1. The predicted molar refractivity (Wildman–Crippen MR) is 93.3 cm³/mol. The monoisotopic (exact) mass is 354 g/mol. The highest BCUT2D eigenvalue weighted by molar-refractivity contribution is 7.89. The number of sulfonamides is 1. The normalized spacial score (nSPS) is 11.8. The van der Waals surface area contributed by atoms with Crippen LogP contribution < -0.4 is 5.32 Å². The van der Waals surface area contributed by atoms with Gasteiger partial charge in [0.15, 0.2) is 5.78 Å². The minimum Gasteiger partial charge on any atom is -0.355 e. The minimum atomic E-state index is -3.76. The molecule has 0 unspecified atom stereocenters. The van der Waals surface area contributed by atoms with E-state index < -0.39 is 10.0 Å². The standard InChI is InChI=1S/C17H26N2O4S/c1-13(2)6-5-11-18-17(21)12-19(4)24(22,23)16-9-7-15(8-10-16)14(3)20/h7-10,13H,5-6,11-12H2,1-4H3,(H,18,21). The Balaban J connectivity index is 2.63. The van der Waals surface area contributed by atoms with E-state index in [4.69, 9.17) is 0 Å². The van der Waals surface area contributed by atoms with Crippen LogP contribution in [0.25, 0.3) is 0 Å². The maximum Gasteiger partial charge on any atom is 0.243 e. The minimum absolute atomic E-state index is 0.0580. The summed E-state index contributed by atoms with van der Waals surface area (Å²) in [7, 11) is -2.40. The van der Waals surface area contributed by atoms with Crippen molar-refractivity contribution in [2.24, 2.45) is 5.92 Å². The molecule has 0 saturated heterocycles. The van der Waals surface area contributed by atoms with Crippen LogP contribution in [0.5, 0.6) is 0 Å². The third-order valence-electron chi connectivity index (χ3n) is 3.62. The number of ketones is 1. The molecule has 6 nitrogen and oxygen atoms in total. The van der Waals surface area contributed by atoms with Crippen molar-refractivity contribution in [3.8, 4) is 0 Å². The van der Waals surface area contributed by atoms with Crippen LogP contribution in [0.3, 0.4) is 0 Å². The lowest BCUT2D eigenvalue weighted by atomic mass is 10.1. The van der Waals surface area contributed by atoms with E-state index in [0.717, 1.165) is 17.1 Å². The van der Waals surface area contributed by atoms with Crippen LogP contribution in [0.1, 0.15) is 44.0 Å². The molecule has 24 heavy (non-hydrogen) atoms. The van der Waals surface area contributed by atoms with Gasteiger partial charge < -0.3 is 5.32 Å². The smallest absolute Gasteiger partial charge is 0.243 e. The molecular weight excluding hydrogens is 328 g/mol. The first-order chi connectivity index (χ1) is 11.1. The summed E-state index contributed by atoms with van der Waals surface area (Å²) in [5.74, 6) is 0.112. The molecule has 0 saturated carbocycles. The maximum atomic E-state index is 12.4. The number of rotatable bonds is 9. The molecule has 0 aliphatic heterocycles. The second-order valence-corrected chi connectivity index (χ2v) is 8.27. The van der Waals surface area contributed by atoms with Crippen molar-refractivity contribution in [1.29, 1.82) is 0 Å². The van der Waals surface area contributed by atoms with Crippen LogP contribution in [0.2, 0.25) is 0 Å². The van der Waals surface area contributed by atoms with Crippen LogP contribution in [0, 0.1) is 5.92 Å². The zero-order chi connectivity index (χ0) is 18.3. The van der Waals surface area contributed by atoms with Crippen molar-refractivity contribution in [2.45, 2.75) is 38.5 Å². The van der Waals surface area contributed by atoms with Gasteiger partial charge in [0.1, 0.15) is 0 Å². The number of hydrogen-bond acceptors (Lipinski definition) is 4. The Bertz CT molecular complexity index is 666. The summed E-state index contributed by atoms with van der Waals surface area (Å²) in [5, 5.41) is 2.73. The van der Waals surface area contributed by atoms with Crippen molar-refractivity contribution < 1.29 is 18.0 Å². The van der Waals surface area contributed by atoms with E-state index in [1.54, 1.807) is 0 Å². The van der Waals surface area contributed by atoms with E-state index in [2.05, 4.69) is 19.2 Å². The molecule has 0 fully saturated rings. The Kier molecular flexibility index (Phi) is 7.57. The number of amides is 1. The molecule has 0 aromatic heterocycles. The fourth-order valence-corrected chi connectivity index (χ4v) is 3.25. The molecule has 7 heteroatoms. The van der Waals surface area contributed by atoms with Crippen LogP contribution in [0.15, 0.2) is 29.2 Å². The third-order valence-corrected chi connectivity index (χ3v) is 5.43. The van der Waals surface area contributed by atoms with Crippen LogP contribution >= 0.6 is 0 Å². The number of carbonyl (C=O) groups excluding carboxylic acids is 2. The first-order valence-electron chi connectivity index (χ1n) is 7.98. The van der Waals surface area contributed by atoms with Crippen LogP contribution in [-0.4, -0.2) is 44.6 Å². The van der Waals surface area contributed by atoms with Crippen molar-refractivity contribution in [3.05, 3.63) is 29.8 Å². The lowest BCUT2D eigenvalue weighted by molar-refractivity contribution is -0.121. The summed E-state index contributed by atoms with van der Waals surface area (Å²) in [6.07, 6.45) is 1.88. The summed E-state index contributed by atoms with van der Waals surface area (Å²) in [6.45, 7) is 5.94. The first-order valence-corrected chi connectivity index (χ1v) is 9.42. The topological polar surface area (TPSA) is 83.6 Å². The van der Waals surface area contributed by atoms with Crippen molar-refractivity contribution >= 4 is 21.7 Å². The zero-order valence-electron chi connectivity index (χ0n) is 14.7. The lowest BCUT2D eigenvalue weighted by Crippen LogP contribution is -2.38. The van der Waals surface area contributed by atoms with E-state index in [1.807, 2.05) is 0 Å². The lowest BCUT2D eigenvalue weighted by Gasteiger charge is -2.17. The van der Waals surface area contributed by atoms with Gasteiger partial charge in [0, 0.05) is 19.2 Å². The number of carbonyl (C=O) groups is 2. The molecule has 0 heterocycles. The van der Waals surface area contributed by atoms with E-state index in [-0.39, 0.29) is 23.1 Å². The number of hydrogen-bond donors (Lipinski definition) is 1. The summed E-state index contributed by atoms with van der Waals surface area (Å²) in [5.41, 5.74) is 0.444. The molecule has 0 spiro atoms. The number of benzene rings is 1. The Morgan fingerprint density at radius 2 is 1.75 bits per heavy atom. The van der Waals surface area contributed by atoms with Gasteiger partial charge in [-0.1, -0.05) is 26.0 Å². The van der Waals surface area contributed by atoms with Crippen molar-refractivity contribution in [2.75, 3.05) is 20.1 Å². The largest absolute Gasteiger partial charge is 0.355 e. The fourth-order valence-electron chi connectivity index (χ4n) is 2.12. The fraction of sp³-hybridized carbons (Fsp3) is 0.529. The Morgan fingerprint density at radius 3 is 2.25 bits per heavy atom. The molecule has 0 atom stereocenters. The third kappa shape index (κ3) is 6.05. The molecule has 0 aliphatic rings. The highest BCUT2D eigenvalue weighted by atomic mass is 32.2. The number of Topliss-reactive ketones (excluding diaryl/α,β-unsaturated/α-hetero) is 1. The summed E-state index contributed by atoms with van der Waals surface area (Å²) in [4.78, 5) is 23.2. The summed E-state index contributed by atoms with van der Waals surface area (Å²) < 4.78 is 25.9. The van der Waals surface area contributed by atoms with E-state index in [9.17, 15) is 18.0 Å². The maximum absolute atomic E-state index is 12.4. The average Bonchev–Trinajstić information content (AvgIpc) is 2.51. The molecular formula is C17H26N2O4S. The molecule has 134 valence electrons. The number of nitrogens with one attached hydrogen (secondary N) is 1. The molecule has 0 radical (unpaired) electrons. The second kappa shape index (κ2) is 8.94. The van der Waals surface area contributed by atoms with Gasteiger partial charge in [0.2, 0.25) is 15.9 Å². The van der Waals surface area contributed by atoms with E-state index in [0.29, 0.717) is 18.0 Å². The van der Waals surface area contributed by atoms with E-state index in [1.165, 1.54) is 38.2 Å². The van der Waals surface area contributed by atoms with Gasteiger partial charge in [-0.3, -0.25) is 9.59 Å². The first kappa shape index (κ1) is 20.3. The van der Waals surface area contributed by atoms with Gasteiger partial charge in [-0.25, -0.2) is 8.42 Å². The van der Waals surface area contributed by atoms with Gasteiger partial charge in [-0.15, -0.1) is 0 Å². The Labute approximate surface area is 144 Å². The second-order valence-electron chi connectivity index (χ2n) is 6.23. The highest BCUT2D eigenvalue weighted by Crippen LogP contribution is 2.15. The molecule has 1 rings (SSSR count). The summed E-state index contributed by atoms with van der Waals surface area (Å²) >= 11 is 0. The molecule has 1 N–H and O–H groups in total. The van der Waals surface area contributed by atoms with E-state index >= 15 is 0 Å². The predicted octanol–water partition coefficient (Wildman–Crippen LogP) is 2.06. The van der Waals surface area contributed by atoms with Gasteiger partial charge in [-0.05, 0) is 37.8 Å². The van der Waals surface area contributed by atoms with Gasteiger partial charge >= 0.3 is 0 Å². The summed E-state index contributed by atoms with van der Waals surface area (Å²) in [6, 6.07) is 5.69. The molecule has 1 aromatic rings. The number of likely N-dealkylation sites (N-methyl/N-ethyl adjacent to an activating group) is 1. The molecule has 0 aliphatic carbocycles. The average molecular weight is 354 g/mol. The van der Waals surface area contributed by atoms with Crippen molar-refractivity contribution in [3.63, 3.8) is 0 Å². The van der Waals surface area contributed by atoms with Crippen LogP contribution in [-0.2, 0) is 14.8 Å². The van der Waals surface area contributed by atoms with Gasteiger partial charge in [0.05, 0.1) is 11.4 Å². The quantitative estimate of drug-likeness (QED) is 0.543. The zero-order valence-corrected chi connectivity index (χ0v) is 15.5. The van der Waals surface area contributed by atoms with Gasteiger partial charge in [0.25, 0.3) is 0 Å². The Morgan fingerprint density at radius 1 is 1.17 bits per heavy atom. The molecule has 1 amide bonds.